The Balaban J connectivity index is 1.94. The predicted molar refractivity (Wildman–Crippen MR) is 104 cm³/mol. The van der Waals surface area contributed by atoms with E-state index >= 15 is 0 Å². The fraction of sp³-hybridized carbons (Fsp3) is 0.429. The van der Waals surface area contributed by atoms with Gasteiger partial charge in [0.1, 0.15) is 0 Å². The lowest BCUT2D eigenvalue weighted by Crippen LogP contribution is -2.30. The number of nitrogens with one attached hydrogen (secondary N) is 2. The Labute approximate surface area is 151 Å². The summed E-state index contributed by atoms with van der Waals surface area (Å²) >= 11 is 0. The first-order valence-corrected chi connectivity index (χ1v) is 8.97. The van der Waals surface area contributed by atoms with Gasteiger partial charge in [-0.15, -0.1) is 0 Å². The molecule has 0 saturated heterocycles. The molecule has 2 N–H and O–H groups in total. The van der Waals surface area contributed by atoms with Crippen molar-refractivity contribution in [3.63, 3.8) is 0 Å². The van der Waals surface area contributed by atoms with E-state index in [9.17, 15) is 4.79 Å². The quantitative estimate of drug-likeness (QED) is 0.778. The molecule has 134 valence electrons. The molecule has 0 aliphatic heterocycles. The number of aryl methyl sites for hydroxylation is 1. The maximum atomic E-state index is 12.2. The van der Waals surface area contributed by atoms with Crippen LogP contribution in [0.1, 0.15) is 61.9 Å². The number of pyridine rings is 1. The first kappa shape index (κ1) is 19.0. The van der Waals surface area contributed by atoms with Crippen molar-refractivity contribution in [3.05, 3.63) is 58.9 Å². The van der Waals surface area contributed by atoms with Crippen LogP contribution in [0.25, 0.3) is 0 Å². The van der Waals surface area contributed by atoms with Crippen LogP contribution in [0, 0.1) is 6.92 Å². The second-order valence-electron chi connectivity index (χ2n) is 7.09. The number of hydrogen-bond donors (Lipinski definition) is 2. The zero-order valence-electron chi connectivity index (χ0n) is 15.9. The Bertz CT molecular complexity index is 706. The summed E-state index contributed by atoms with van der Waals surface area (Å²) in [5, 5.41) is 5.91. The van der Waals surface area contributed by atoms with Gasteiger partial charge in [0.2, 0.25) is 0 Å². The Morgan fingerprint density at radius 2 is 1.84 bits per heavy atom. The molecule has 0 aliphatic carbocycles. The van der Waals surface area contributed by atoms with Gasteiger partial charge in [0.25, 0.3) is 0 Å². The molecule has 2 aromatic rings. The second-order valence-corrected chi connectivity index (χ2v) is 7.09. The maximum Gasteiger partial charge on any atom is 0.319 e. The van der Waals surface area contributed by atoms with E-state index in [4.69, 9.17) is 0 Å². The average Bonchev–Trinajstić information content (AvgIpc) is 2.56. The van der Waals surface area contributed by atoms with Gasteiger partial charge in [-0.2, -0.15) is 0 Å². The van der Waals surface area contributed by atoms with Gasteiger partial charge >= 0.3 is 6.03 Å². The average molecular weight is 339 g/mol. The Kier molecular flexibility index (Phi) is 6.57. The van der Waals surface area contributed by atoms with Crippen LogP contribution in [0.2, 0.25) is 0 Å². The summed E-state index contributed by atoms with van der Waals surface area (Å²) in [4.78, 5) is 16.5. The number of benzene rings is 1. The number of hydrogen-bond acceptors (Lipinski definition) is 2. The maximum absolute atomic E-state index is 12.2. The number of anilines is 1. The number of aromatic nitrogens is 1. The van der Waals surface area contributed by atoms with Gasteiger partial charge in [0.05, 0.1) is 0 Å². The first-order chi connectivity index (χ1) is 11.9. The molecule has 1 heterocycles. The lowest BCUT2D eigenvalue weighted by molar-refractivity contribution is 0.252. The summed E-state index contributed by atoms with van der Waals surface area (Å²) in [6.45, 7) is 11.2. The van der Waals surface area contributed by atoms with Crippen LogP contribution in [-0.4, -0.2) is 17.6 Å². The van der Waals surface area contributed by atoms with E-state index in [0.717, 1.165) is 23.4 Å². The van der Waals surface area contributed by atoms with Gasteiger partial charge < -0.3 is 10.6 Å². The van der Waals surface area contributed by atoms with Crippen LogP contribution in [0.15, 0.2) is 36.5 Å². The third-order valence-corrected chi connectivity index (χ3v) is 4.28. The topological polar surface area (TPSA) is 54.0 Å². The molecule has 0 aliphatic rings. The van der Waals surface area contributed by atoms with Crippen LogP contribution in [0.4, 0.5) is 10.5 Å². The molecule has 4 nitrogen and oxygen atoms in total. The van der Waals surface area contributed by atoms with Crippen molar-refractivity contribution in [3.8, 4) is 0 Å². The third kappa shape index (κ3) is 5.59. The van der Waals surface area contributed by atoms with Gasteiger partial charge in [0.15, 0.2) is 0 Å². The predicted octanol–water partition coefficient (Wildman–Crippen LogP) is 5.00. The minimum atomic E-state index is -0.167. The molecule has 4 heteroatoms. The molecule has 0 saturated carbocycles. The van der Waals surface area contributed by atoms with Crippen LogP contribution in [-0.2, 0) is 6.42 Å². The zero-order chi connectivity index (χ0) is 18.4. The summed E-state index contributed by atoms with van der Waals surface area (Å²) in [5.41, 5.74) is 5.47. The molecule has 0 spiro atoms. The van der Waals surface area contributed by atoms with Gasteiger partial charge in [0, 0.05) is 24.1 Å². The third-order valence-electron chi connectivity index (χ3n) is 4.28. The normalized spacial score (nSPS) is 11.0. The smallest absolute Gasteiger partial charge is 0.319 e. The van der Waals surface area contributed by atoms with Crippen molar-refractivity contribution in [2.24, 2.45) is 0 Å². The molecule has 25 heavy (non-hydrogen) atoms. The number of nitrogens with zero attached hydrogens (tertiary/aromatic N) is 1. The number of urea groups is 1. The highest BCUT2D eigenvalue weighted by Gasteiger charge is 2.12. The van der Waals surface area contributed by atoms with Crippen LogP contribution in [0.5, 0.6) is 0 Å². The molecule has 1 aromatic heterocycles. The van der Waals surface area contributed by atoms with Gasteiger partial charge in [-0.25, -0.2) is 4.79 Å². The van der Waals surface area contributed by atoms with Gasteiger partial charge in [-0.1, -0.05) is 45.9 Å². The molecular weight excluding hydrogens is 310 g/mol. The zero-order valence-corrected chi connectivity index (χ0v) is 15.9. The first-order valence-electron chi connectivity index (χ1n) is 8.97. The highest BCUT2D eigenvalue weighted by atomic mass is 16.2. The van der Waals surface area contributed by atoms with E-state index < -0.39 is 0 Å². The fourth-order valence-corrected chi connectivity index (χ4v) is 2.67. The lowest BCUT2D eigenvalue weighted by Gasteiger charge is -2.17. The van der Waals surface area contributed by atoms with Crippen LogP contribution in [0.3, 0.4) is 0 Å². The highest BCUT2D eigenvalue weighted by Crippen LogP contribution is 2.28. The molecule has 0 unspecified atom stereocenters. The second kappa shape index (κ2) is 8.65. The number of rotatable bonds is 6. The summed E-state index contributed by atoms with van der Waals surface area (Å²) in [6, 6.07) is 10.2. The monoisotopic (exact) mass is 339 g/mol. The van der Waals surface area contributed by atoms with Crippen molar-refractivity contribution in [1.82, 2.24) is 10.3 Å². The van der Waals surface area contributed by atoms with Crippen LogP contribution < -0.4 is 10.6 Å². The van der Waals surface area contributed by atoms with Crippen molar-refractivity contribution in [2.75, 3.05) is 11.9 Å². The minimum absolute atomic E-state index is 0.167. The van der Waals surface area contributed by atoms with E-state index in [-0.39, 0.29) is 6.03 Å². The molecular formula is C21H29N3O. The van der Waals surface area contributed by atoms with Crippen molar-refractivity contribution in [1.29, 1.82) is 0 Å². The largest absolute Gasteiger partial charge is 0.338 e. The molecule has 2 rings (SSSR count). The van der Waals surface area contributed by atoms with Crippen molar-refractivity contribution in [2.45, 2.75) is 52.9 Å². The molecule has 0 radical (unpaired) electrons. The number of carbonyl (C=O) groups is 1. The molecule has 2 amide bonds. The van der Waals surface area contributed by atoms with Crippen LogP contribution >= 0.6 is 0 Å². The Morgan fingerprint density at radius 3 is 2.44 bits per heavy atom. The van der Waals surface area contributed by atoms with Crippen molar-refractivity contribution >= 4 is 11.7 Å². The van der Waals surface area contributed by atoms with Crippen molar-refractivity contribution < 1.29 is 4.79 Å². The summed E-state index contributed by atoms with van der Waals surface area (Å²) < 4.78 is 0. The van der Waals surface area contributed by atoms with Gasteiger partial charge in [-0.05, 0) is 54.0 Å². The number of amides is 2. The van der Waals surface area contributed by atoms with Gasteiger partial charge in [-0.3, -0.25) is 4.98 Å². The lowest BCUT2D eigenvalue weighted by atomic mass is 9.94. The molecule has 0 atom stereocenters. The minimum Gasteiger partial charge on any atom is -0.338 e. The van der Waals surface area contributed by atoms with E-state index in [1.54, 1.807) is 0 Å². The van der Waals surface area contributed by atoms with E-state index in [0.29, 0.717) is 18.4 Å². The van der Waals surface area contributed by atoms with E-state index in [1.165, 1.54) is 11.1 Å². The fourth-order valence-electron chi connectivity index (χ4n) is 2.67. The standard InChI is InChI=1S/C21H29N3O/c1-14(2)18-8-9-20(19(12-18)15(3)4)24-21(25)22-11-10-17-7-6-16(5)23-13-17/h6-9,12-15H,10-11H2,1-5H3,(H2,22,24,25). The highest BCUT2D eigenvalue weighted by molar-refractivity contribution is 5.90. The van der Waals surface area contributed by atoms with E-state index in [2.05, 4.69) is 55.4 Å². The Hall–Kier alpha value is -2.36. The molecule has 1 aromatic carbocycles. The molecule has 0 bridgehead atoms. The summed E-state index contributed by atoms with van der Waals surface area (Å²) in [6.07, 6.45) is 2.63. The molecule has 0 fully saturated rings. The summed E-state index contributed by atoms with van der Waals surface area (Å²) in [7, 11) is 0. The SMILES string of the molecule is Cc1ccc(CCNC(=O)Nc2ccc(C(C)C)cc2C(C)C)cn1. The number of carbonyl (C=O) groups excluding carboxylic acids is 1. The Morgan fingerprint density at radius 1 is 1.08 bits per heavy atom. The van der Waals surface area contributed by atoms with E-state index in [1.807, 2.05) is 31.3 Å². The summed E-state index contributed by atoms with van der Waals surface area (Å²) in [5.74, 6) is 0.830.